The van der Waals surface area contributed by atoms with Crippen molar-refractivity contribution in [1.82, 2.24) is 0 Å². The normalized spacial score (nSPS) is 13.5. The van der Waals surface area contributed by atoms with Crippen molar-refractivity contribution in [3.8, 4) is 0 Å². The minimum Gasteiger partial charge on any atom is -0.478 e. The second kappa shape index (κ2) is 4.39. The van der Waals surface area contributed by atoms with Gasteiger partial charge in [-0.1, -0.05) is 6.08 Å². The highest BCUT2D eigenvalue weighted by molar-refractivity contribution is 5.79. The van der Waals surface area contributed by atoms with Crippen molar-refractivity contribution < 1.29 is 31.9 Å². The van der Waals surface area contributed by atoms with Gasteiger partial charge in [0.15, 0.2) is 6.67 Å². The molecule has 0 atom stereocenters. The molecule has 1 N–H and O–H groups in total. The number of alkyl halides is 5. The maximum absolute atomic E-state index is 12.4. The summed E-state index contributed by atoms with van der Waals surface area (Å²) in [6.07, 6.45) is -0.871. The third-order valence-electron chi connectivity index (χ3n) is 1.34. The third kappa shape index (κ3) is 3.31. The summed E-state index contributed by atoms with van der Waals surface area (Å²) in [5.41, 5.74) is 0. The van der Waals surface area contributed by atoms with E-state index in [0.717, 1.165) is 0 Å². The Balaban J connectivity index is 4.41. The van der Waals surface area contributed by atoms with Gasteiger partial charge in [-0.05, 0) is 0 Å². The number of aliphatic carboxylic acids is 1. The zero-order valence-electron chi connectivity index (χ0n) is 6.81. The Bertz CT molecular complexity index is 236. The average Bonchev–Trinajstić information content (AvgIpc) is 2.03. The van der Waals surface area contributed by atoms with E-state index in [1.165, 1.54) is 0 Å². The Morgan fingerprint density at radius 3 is 2.07 bits per heavy atom. The second-order valence-electron chi connectivity index (χ2n) is 2.49. The van der Waals surface area contributed by atoms with Crippen LogP contribution in [0.2, 0.25) is 0 Å². The van der Waals surface area contributed by atoms with Gasteiger partial charge in [-0.2, -0.15) is 17.6 Å². The van der Waals surface area contributed by atoms with Crippen molar-refractivity contribution in [2.24, 2.45) is 0 Å². The molecule has 0 aliphatic rings. The molecule has 14 heavy (non-hydrogen) atoms. The Labute approximate surface area is 76.0 Å². The van der Waals surface area contributed by atoms with Gasteiger partial charge in [-0.15, -0.1) is 0 Å². The fraction of sp³-hybridized carbons (Fsp3) is 0.571. The highest BCUT2D eigenvalue weighted by Gasteiger charge is 2.55. The van der Waals surface area contributed by atoms with Crippen LogP contribution in [0, 0.1) is 0 Å². The van der Waals surface area contributed by atoms with Crippen molar-refractivity contribution in [1.29, 1.82) is 0 Å². The molecule has 0 aromatic rings. The summed E-state index contributed by atoms with van der Waals surface area (Å²) in [6.45, 7) is -2.49. The molecule has 0 aromatic carbocycles. The Morgan fingerprint density at radius 2 is 1.71 bits per heavy atom. The fourth-order valence-electron chi connectivity index (χ4n) is 0.555. The summed E-state index contributed by atoms with van der Waals surface area (Å²) in [5, 5.41) is 7.98. The molecule has 0 fully saturated rings. The van der Waals surface area contributed by atoms with Crippen LogP contribution in [-0.2, 0) is 4.79 Å². The van der Waals surface area contributed by atoms with Crippen molar-refractivity contribution in [3.63, 3.8) is 0 Å². The SMILES string of the molecule is O=C(O)C=CCC(F)(F)C(F)(F)CF. The van der Waals surface area contributed by atoms with E-state index >= 15 is 0 Å². The number of carbonyl (C=O) groups is 1. The predicted molar refractivity (Wildman–Crippen MR) is 37.3 cm³/mol. The summed E-state index contributed by atoms with van der Waals surface area (Å²) < 4.78 is 60.6. The molecular weight excluding hydrogens is 211 g/mol. The zero-order valence-corrected chi connectivity index (χ0v) is 6.81. The van der Waals surface area contributed by atoms with E-state index in [4.69, 9.17) is 5.11 Å². The Kier molecular flexibility index (Phi) is 4.03. The molecule has 0 amide bonds. The van der Waals surface area contributed by atoms with E-state index < -0.39 is 30.9 Å². The lowest BCUT2D eigenvalue weighted by atomic mass is 10.1. The zero-order chi connectivity index (χ0) is 11.4. The van der Waals surface area contributed by atoms with E-state index in [9.17, 15) is 26.7 Å². The van der Waals surface area contributed by atoms with E-state index in [2.05, 4.69) is 0 Å². The van der Waals surface area contributed by atoms with Crippen LogP contribution in [0.25, 0.3) is 0 Å². The van der Waals surface area contributed by atoms with Gasteiger partial charge in [-0.3, -0.25) is 0 Å². The first-order chi connectivity index (χ1) is 6.23. The smallest absolute Gasteiger partial charge is 0.338 e. The molecule has 82 valence electrons. The Morgan fingerprint density at radius 1 is 1.21 bits per heavy atom. The largest absolute Gasteiger partial charge is 0.478 e. The third-order valence-corrected chi connectivity index (χ3v) is 1.34. The van der Waals surface area contributed by atoms with Crippen LogP contribution in [-0.4, -0.2) is 29.6 Å². The summed E-state index contributed by atoms with van der Waals surface area (Å²) in [6, 6.07) is 0. The number of allylic oxidation sites excluding steroid dienone is 1. The summed E-state index contributed by atoms with van der Waals surface area (Å²) in [5.74, 6) is -10.9. The van der Waals surface area contributed by atoms with Gasteiger partial charge in [0.05, 0.1) is 0 Å². The van der Waals surface area contributed by atoms with Gasteiger partial charge in [0.2, 0.25) is 0 Å². The van der Waals surface area contributed by atoms with Gasteiger partial charge < -0.3 is 5.11 Å². The molecule has 0 unspecified atom stereocenters. The van der Waals surface area contributed by atoms with E-state index in [1.54, 1.807) is 0 Å². The molecule has 2 nitrogen and oxygen atoms in total. The van der Waals surface area contributed by atoms with Crippen molar-refractivity contribution in [2.45, 2.75) is 18.3 Å². The van der Waals surface area contributed by atoms with Crippen LogP contribution >= 0.6 is 0 Å². The first-order valence-electron chi connectivity index (χ1n) is 3.44. The quantitative estimate of drug-likeness (QED) is 0.567. The van der Waals surface area contributed by atoms with Crippen molar-refractivity contribution in [2.75, 3.05) is 6.67 Å². The van der Waals surface area contributed by atoms with Crippen molar-refractivity contribution >= 4 is 5.97 Å². The molecule has 0 aromatic heterocycles. The minimum atomic E-state index is -4.77. The number of hydrogen-bond donors (Lipinski definition) is 1. The van der Waals surface area contributed by atoms with Gasteiger partial charge in [0.1, 0.15) is 0 Å². The maximum Gasteiger partial charge on any atom is 0.338 e. The standard InChI is InChI=1S/C7H7F5O2/c8-4-7(11,12)6(9,10)3-1-2-5(13)14/h1-2H,3-4H2,(H,13,14). The molecule has 0 rings (SSSR count). The monoisotopic (exact) mass is 218 g/mol. The van der Waals surface area contributed by atoms with Crippen LogP contribution in [0.15, 0.2) is 12.2 Å². The number of carboxylic acids is 1. The molecule has 0 aliphatic carbocycles. The van der Waals surface area contributed by atoms with Gasteiger partial charge in [0, 0.05) is 12.5 Å². The van der Waals surface area contributed by atoms with Crippen LogP contribution < -0.4 is 0 Å². The van der Waals surface area contributed by atoms with Gasteiger partial charge in [0.25, 0.3) is 0 Å². The highest BCUT2D eigenvalue weighted by atomic mass is 19.3. The van der Waals surface area contributed by atoms with Crippen LogP contribution in [0.4, 0.5) is 22.0 Å². The number of hydrogen-bond acceptors (Lipinski definition) is 1. The number of halogens is 5. The Hall–Kier alpha value is -1.14. The highest BCUT2D eigenvalue weighted by Crippen LogP contribution is 2.37. The average molecular weight is 218 g/mol. The lowest BCUT2D eigenvalue weighted by molar-refractivity contribution is -0.213. The van der Waals surface area contributed by atoms with Gasteiger partial charge in [-0.25, -0.2) is 9.18 Å². The molecule has 0 heterocycles. The van der Waals surface area contributed by atoms with E-state index in [-0.39, 0.29) is 0 Å². The van der Waals surface area contributed by atoms with Crippen LogP contribution in [0.1, 0.15) is 6.42 Å². The molecule has 0 radical (unpaired) electrons. The molecule has 0 saturated heterocycles. The molecule has 0 aliphatic heterocycles. The van der Waals surface area contributed by atoms with Crippen LogP contribution in [0.5, 0.6) is 0 Å². The molecule has 0 bridgehead atoms. The van der Waals surface area contributed by atoms with E-state index in [1.807, 2.05) is 0 Å². The molecule has 7 heteroatoms. The predicted octanol–water partition coefficient (Wildman–Crippen LogP) is 2.26. The lowest BCUT2D eigenvalue weighted by Gasteiger charge is -2.22. The lowest BCUT2D eigenvalue weighted by Crippen LogP contribution is -2.41. The number of carboxylic acid groups (broad SMARTS) is 1. The summed E-state index contributed by atoms with van der Waals surface area (Å²) in [4.78, 5) is 9.81. The van der Waals surface area contributed by atoms with Gasteiger partial charge >= 0.3 is 17.8 Å². The molecule has 0 saturated carbocycles. The molecule has 0 spiro atoms. The summed E-state index contributed by atoms with van der Waals surface area (Å²) >= 11 is 0. The number of rotatable bonds is 5. The minimum absolute atomic E-state index is 0.294. The topological polar surface area (TPSA) is 37.3 Å². The van der Waals surface area contributed by atoms with Crippen LogP contribution in [0.3, 0.4) is 0 Å². The van der Waals surface area contributed by atoms with Crippen molar-refractivity contribution in [3.05, 3.63) is 12.2 Å². The first kappa shape index (κ1) is 12.9. The first-order valence-corrected chi connectivity index (χ1v) is 3.44. The van der Waals surface area contributed by atoms with E-state index in [0.29, 0.717) is 12.2 Å². The summed E-state index contributed by atoms with van der Waals surface area (Å²) in [7, 11) is 0. The second-order valence-corrected chi connectivity index (χ2v) is 2.49. The maximum atomic E-state index is 12.4. The fourth-order valence-corrected chi connectivity index (χ4v) is 0.555. The molecular formula is C7H7F5O2.